The molecule has 2 N–H and O–H groups in total. The van der Waals surface area contributed by atoms with Crippen LogP contribution in [0, 0.1) is 5.92 Å². The van der Waals surface area contributed by atoms with Crippen molar-refractivity contribution in [2.75, 3.05) is 20.2 Å². The SMILES string of the molecule is COc1cc(C(C)C)ccc1C(O)C1CCNCC1. The van der Waals surface area contributed by atoms with Gasteiger partial charge in [-0.15, -0.1) is 0 Å². The van der Waals surface area contributed by atoms with Gasteiger partial charge >= 0.3 is 0 Å². The van der Waals surface area contributed by atoms with E-state index in [1.54, 1.807) is 7.11 Å². The number of rotatable bonds is 4. The van der Waals surface area contributed by atoms with Crippen LogP contribution in [0.4, 0.5) is 0 Å². The number of nitrogens with one attached hydrogen (secondary N) is 1. The lowest BCUT2D eigenvalue weighted by atomic mass is 9.87. The largest absolute Gasteiger partial charge is 0.496 e. The lowest BCUT2D eigenvalue weighted by Crippen LogP contribution is -2.31. The van der Waals surface area contributed by atoms with Crippen LogP contribution in [0.25, 0.3) is 0 Å². The van der Waals surface area contributed by atoms with Gasteiger partial charge in [0.15, 0.2) is 0 Å². The lowest BCUT2D eigenvalue weighted by molar-refractivity contribution is 0.0864. The first-order chi connectivity index (χ1) is 9.13. The van der Waals surface area contributed by atoms with Crippen molar-refractivity contribution < 1.29 is 9.84 Å². The van der Waals surface area contributed by atoms with Crippen LogP contribution in [0.1, 0.15) is 49.8 Å². The summed E-state index contributed by atoms with van der Waals surface area (Å²) in [5, 5.41) is 13.9. The molecule has 19 heavy (non-hydrogen) atoms. The molecule has 1 aromatic rings. The van der Waals surface area contributed by atoms with Crippen LogP contribution in [0.15, 0.2) is 18.2 Å². The Morgan fingerprint density at radius 3 is 2.53 bits per heavy atom. The molecule has 1 aromatic carbocycles. The van der Waals surface area contributed by atoms with Crippen LogP contribution in [-0.2, 0) is 0 Å². The van der Waals surface area contributed by atoms with E-state index < -0.39 is 6.10 Å². The summed E-state index contributed by atoms with van der Waals surface area (Å²) in [4.78, 5) is 0. The number of aliphatic hydroxyl groups is 1. The van der Waals surface area contributed by atoms with Gasteiger partial charge in [0, 0.05) is 5.56 Å². The van der Waals surface area contributed by atoms with Crippen molar-refractivity contribution in [2.45, 2.75) is 38.7 Å². The molecule has 1 aliphatic heterocycles. The molecule has 0 spiro atoms. The maximum Gasteiger partial charge on any atom is 0.124 e. The van der Waals surface area contributed by atoms with Gasteiger partial charge in [-0.05, 0) is 49.4 Å². The minimum atomic E-state index is -0.418. The van der Waals surface area contributed by atoms with Crippen molar-refractivity contribution in [1.29, 1.82) is 0 Å². The topological polar surface area (TPSA) is 41.5 Å². The standard InChI is InChI=1S/C16H25NO2/c1-11(2)13-4-5-14(15(10-13)19-3)16(18)12-6-8-17-9-7-12/h4-5,10-12,16-18H,6-9H2,1-3H3. The molecule has 0 bridgehead atoms. The van der Waals surface area contributed by atoms with E-state index in [9.17, 15) is 5.11 Å². The predicted octanol–water partition coefficient (Wildman–Crippen LogP) is 2.85. The Morgan fingerprint density at radius 1 is 1.26 bits per heavy atom. The number of piperidine rings is 1. The normalized spacial score (nSPS) is 18.6. The van der Waals surface area contributed by atoms with Gasteiger partial charge in [0.05, 0.1) is 13.2 Å². The van der Waals surface area contributed by atoms with Gasteiger partial charge in [-0.3, -0.25) is 0 Å². The Bertz CT molecular complexity index is 411. The molecule has 1 saturated heterocycles. The number of ether oxygens (including phenoxy) is 1. The summed E-state index contributed by atoms with van der Waals surface area (Å²) in [7, 11) is 1.68. The van der Waals surface area contributed by atoms with E-state index in [1.165, 1.54) is 5.56 Å². The Hall–Kier alpha value is -1.06. The second-order valence-electron chi connectivity index (χ2n) is 5.69. The first-order valence-corrected chi connectivity index (χ1v) is 7.20. The molecular weight excluding hydrogens is 238 g/mol. The fourth-order valence-electron chi connectivity index (χ4n) is 2.75. The van der Waals surface area contributed by atoms with Crippen molar-refractivity contribution in [3.63, 3.8) is 0 Å². The van der Waals surface area contributed by atoms with Gasteiger partial charge in [0.1, 0.15) is 5.75 Å². The zero-order valence-corrected chi connectivity index (χ0v) is 12.1. The molecule has 1 atom stereocenters. The zero-order chi connectivity index (χ0) is 13.8. The quantitative estimate of drug-likeness (QED) is 0.877. The highest BCUT2D eigenvalue weighted by atomic mass is 16.5. The molecule has 1 aliphatic rings. The van der Waals surface area contributed by atoms with E-state index in [2.05, 4.69) is 31.3 Å². The van der Waals surface area contributed by atoms with E-state index in [0.717, 1.165) is 37.2 Å². The van der Waals surface area contributed by atoms with Gasteiger partial charge < -0.3 is 15.2 Å². The Labute approximate surface area is 116 Å². The van der Waals surface area contributed by atoms with Gasteiger partial charge in [-0.25, -0.2) is 0 Å². The fourth-order valence-corrected chi connectivity index (χ4v) is 2.75. The van der Waals surface area contributed by atoms with Crippen molar-refractivity contribution in [3.05, 3.63) is 29.3 Å². The van der Waals surface area contributed by atoms with E-state index >= 15 is 0 Å². The first-order valence-electron chi connectivity index (χ1n) is 7.20. The smallest absolute Gasteiger partial charge is 0.124 e. The highest BCUT2D eigenvalue weighted by Gasteiger charge is 2.25. The summed E-state index contributed by atoms with van der Waals surface area (Å²) >= 11 is 0. The second kappa shape index (κ2) is 6.40. The minimum absolute atomic E-state index is 0.333. The molecule has 1 heterocycles. The van der Waals surface area contributed by atoms with Crippen LogP contribution < -0.4 is 10.1 Å². The first kappa shape index (κ1) is 14.4. The number of methoxy groups -OCH3 is 1. The Kier molecular flexibility index (Phi) is 4.83. The maximum absolute atomic E-state index is 10.6. The van der Waals surface area contributed by atoms with E-state index in [-0.39, 0.29) is 0 Å². The average Bonchev–Trinajstić information content (AvgIpc) is 2.46. The van der Waals surface area contributed by atoms with Gasteiger partial charge in [0.25, 0.3) is 0 Å². The summed E-state index contributed by atoms with van der Waals surface area (Å²) in [6.07, 6.45) is 1.63. The Balaban J connectivity index is 2.22. The number of hydrogen-bond donors (Lipinski definition) is 2. The van der Waals surface area contributed by atoms with E-state index in [0.29, 0.717) is 11.8 Å². The lowest BCUT2D eigenvalue weighted by Gasteiger charge is -2.28. The molecule has 0 aromatic heterocycles. The van der Waals surface area contributed by atoms with Crippen molar-refractivity contribution in [2.24, 2.45) is 5.92 Å². The van der Waals surface area contributed by atoms with E-state index in [4.69, 9.17) is 4.74 Å². The van der Waals surface area contributed by atoms with Crippen LogP contribution in [0.3, 0.4) is 0 Å². The van der Waals surface area contributed by atoms with Gasteiger partial charge in [-0.1, -0.05) is 26.0 Å². The molecule has 0 saturated carbocycles. The summed E-state index contributed by atoms with van der Waals surface area (Å²) in [5.74, 6) is 1.62. The van der Waals surface area contributed by atoms with Gasteiger partial charge in [-0.2, -0.15) is 0 Å². The summed E-state index contributed by atoms with van der Waals surface area (Å²) in [6, 6.07) is 6.19. The number of benzene rings is 1. The molecule has 3 nitrogen and oxygen atoms in total. The molecule has 2 rings (SSSR count). The van der Waals surface area contributed by atoms with Crippen LogP contribution >= 0.6 is 0 Å². The monoisotopic (exact) mass is 263 g/mol. The van der Waals surface area contributed by atoms with Crippen molar-refractivity contribution >= 4 is 0 Å². The third-order valence-corrected chi connectivity index (χ3v) is 4.07. The molecule has 3 heteroatoms. The third kappa shape index (κ3) is 3.28. The van der Waals surface area contributed by atoms with Crippen LogP contribution in [0.5, 0.6) is 5.75 Å². The molecule has 0 amide bonds. The minimum Gasteiger partial charge on any atom is -0.496 e. The highest BCUT2D eigenvalue weighted by molar-refractivity contribution is 5.40. The van der Waals surface area contributed by atoms with Crippen LogP contribution in [0.2, 0.25) is 0 Å². The number of aliphatic hydroxyl groups excluding tert-OH is 1. The average molecular weight is 263 g/mol. The maximum atomic E-state index is 10.6. The number of hydrogen-bond acceptors (Lipinski definition) is 3. The molecular formula is C16H25NO2. The third-order valence-electron chi connectivity index (χ3n) is 4.07. The summed E-state index contributed by atoms with van der Waals surface area (Å²) in [6.45, 7) is 6.32. The highest BCUT2D eigenvalue weighted by Crippen LogP contribution is 2.35. The molecule has 1 fully saturated rings. The molecule has 1 unspecified atom stereocenters. The van der Waals surface area contributed by atoms with Gasteiger partial charge in [0.2, 0.25) is 0 Å². The van der Waals surface area contributed by atoms with Crippen LogP contribution in [-0.4, -0.2) is 25.3 Å². The van der Waals surface area contributed by atoms with Crippen molar-refractivity contribution in [1.82, 2.24) is 5.32 Å². The predicted molar refractivity (Wildman–Crippen MR) is 77.6 cm³/mol. The van der Waals surface area contributed by atoms with Crippen molar-refractivity contribution in [3.8, 4) is 5.75 Å². The molecule has 0 radical (unpaired) electrons. The molecule has 106 valence electrons. The van der Waals surface area contributed by atoms with E-state index in [1.807, 2.05) is 6.07 Å². The fraction of sp³-hybridized carbons (Fsp3) is 0.625. The summed E-state index contributed by atoms with van der Waals surface area (Å²) in [5.41, 5.74) is 2.18. The summed E-state index contributed by atoms with van der Waals surface area (Å²) < 4.78 is 5.47. The molecule has 0 aliphatic carbocycles. The second-order valence-corrected chi connectivity index (χ2v) is 5.69. The Morgan fingerprint density at radius 2 is 1.95 bits per heavy atom. The zero-order valence-electron chi connectivity index (χ0n) is 12.1.